The summed E-state index contributed by atoms with van der Waals surface area (Å²) in [6, 6.07) is 14.2. The number of likely N-dealkylation sites (tertiary alicyclic amines) is 1. The number of carbonyl (C=O) groups is 1. The number of aromatic nitrogens is 1. The van der Waals surface area contributed by atoms with E-state index >= 15 is 0 Å². The number of amides is 1. The van der Waals surface area contributed by atoms with Crippen molar-refractivity contribution in [3.8, 4) is 0 Å². The molecule has 1 saturated carbocycles. The minimum absolute atomic E-state index is 0.0672. The molecule has 5 nitrogen and oxygen atoms in total. The van der Waals surface area contributed by atoms with Crippen LogP contribution < -0.4 is 5.32 Å². The van der Waals surface area contributed by atoms with Crippen LogP contribution in [-0.2, 0) is 0 Å². The summed E-state index contributed by atoms with van der Waals surface area (Å²) in [6.45, 7) is 1.76. The minimum atomic E-state index is -0.0672. The molecule has 148 valence electrons. The Labute approximate surface area is 166 Å². The lowest BCUT2D eigenvalue weighted by Crippen LogP contribution is -2.67. The lowest BCUT2D eigenvalue weighted by atomic mass is 9.74. The van der Waals surface area contributed by atoms with Gasteiger partial charge in [-0.3, -0.25) is 14.7 Å². The number of nitrogens with zero attached hydrogens (tertiary/aromatic N) is 2. The highest BCUT2D eigenvalue weighted by Gasteiger charge is 2.49. The molecule has 1 aliphatic heterocycles. The van der Waals surface area contributed by atoms with Gasteiger partial charge in [0.15, 0.2) is 0 Å². The van der Waals surface area contributed by atoms with Gasteiger partial charge in [0.05, 0.1) is 6.61 Å². The van der Waals surface area contributed by atoms with Crippen LogP contribution in [0.2, 0.25) is 0 Å². The van der Waals surface area contributed by atoms with E-state index in [1.807, 2.05) is 6.07 Å². The van der Waals surface area contributed by atoms with Crippen LogP contribution in [0.5, 0.6) is 0 Å². The van der Waals surface area contributed by atoms with Crippen molar-refractivity contribution in [1.82, 2.24) is 15.2 Å². The molecule has 2 N–H and O–H groups in total. The number of nitrogens with one attached hydrogen (secondary N) is 1. The highest BCUT2D eigenvalue weighted by molar-refractivity contribution is 5.94. The standard InChI is InChI=1S/C23H29N3O2/c27-16-21-22(18-8-2-1-3-9-18)20(26(21)15-17-6-4-5-7-17)14-25-23(28)19-10-12-24-13-11-19/h1-3,8-13,17,20-22,27H,4-7,14-16H2,(H,25,28)/t20-,21-,22-/m1/s1. The molecule has 2 heterocycles. The summed E-state index contributed by atoms with van der Waals surface area (Å²) < 4.78 is 0. The number of hydrogen-bond donors (Lipinski definition) is 2. The molecule has 4 rings (SSSR count). The fourth-order valence-corrected chi connectivity index (χ4v) is 4.96. The fourth-order valence-electron chi connectivity index (χ4n) is 4.96. The Kier molecular flexibility index (Phi) is 6.03. The third-order valence-electron chi connectivity index (χ3n) is 6.41. The molecule has 1 aromatic heterocycles. The molecule has 0 spiro atoms. The fraction of sp³-hybridized carbons (Fsp3) is 0.478. The van der Waals surface area contributed by atoms with Gasteiger partial charge < -0.3 is 10.4 Å². The van der Waals surface area contributed by atoms with Gasteiger partial charge in [-0.05, 0) is 36.5 Å². The quantitative estimate of drug-likeness (QED) is 0.776. The van der Waals surface area contributed by atoms with Gasteiger partial charge in [-0.2, -0.15) is 0 Å². The average molecular weight is 380 g/mol. The Balaban J connectivity index is 1.49. The first kappa shape index (κ1) is 19.1. The van der Waals surface area contributed by atoms with Crippen LogP contribution in [-0.4, -0.2) is 52.7 Å². The van der Waals surface area contributed by atoms with Crippen molar-refractivity contribution in [3.63, 3.8) is 0 Å². The molecule has 2 aliphatic rings. The predicted molar refractivity (Wildman–Crippen MR) is 109 cm³/mol. The molecule has 0 radical (unpaired) electrons. The lowest BCUT2D eigenvalue weighted by Gasteiger charge is -2.56. The monoisotopic (exact) mass is 379 g/mol. The zero-order valence-corrected chi connectivity index (χ0v) is 16.2. The van der Waals surface area contributed by atoms with Crippen LogP contribution in [0.1, 0.15) is 47.5 Å². The maximum absolute atomic E-state index is 12.5. The number of aliphatic hydroxyl groups excluding tert-OH is 1. The largest absolute Gasteiger partial charge is 0.395 e. The molecule has 1 saturated heterocycles. The third-order valence-corrected chi connectivity index (χ3v) is 6.41. The Hall–Kier alpha value is -2.24. The second-order valence-corrected chi connectivity index (χ2v) is 8.05. The maximum Gasteiger partial charge on any atom is 0.251 e. The molecule has 3 atom stereocenters. The van der Waals surface area contributed by atoms with E-state index in [1.165, 1.54) is 31.2 Å². The van der Waals surface area contributed by atoms with Crippen molar-refractivity contribution >= 4 is 5.91 Å². The molecule has 1 aliphatic carbocycles. The van der Waals surface area contributed by atoms with Crippen molar-refractivity contribution in [3.05, 3.63) is 66.0 Å². The first-order valence-corrected chi connectivity index (χ1v) is 10.4. The molecule has 2 fully saturated rings. The Bertz CT molecular complexity index is 762. The first-order chi connectivity index (χ1) is 13.8. The highest BCUT2D eigenvalue weighted by atomic mass is 16.3. The SMILES string of the molecule is O=C(NC[C@@H]1[C@@H](c2ccccc2)[C@@H](CO)N1CC1CCCC1)c1ccncc1. The van der Waals surface area contributed by atoms with Crippen molar-refractivity contribution in [2.45, 2.75) is 43.7 Å². The van der Waals surface area contributed by atoms with Crippen LogP contribution >= 0.6 is 0 Å². The van der Waals surface area contributed by atoms with Crippen molar-refractivity contribution in [2.75, 3.05) is 19.7 Å². The van der Waals surface area contributed by atoms with E-state index in [-0.39, 0.29) is 30.5 Å². The molecule has 28 heavy (non-hydrogen) atoms. The molecule has 0 unspecified atom stereocenters. The van der Waals surface area contributed by atoms with Gasteiger partial charge in [-0.15, -0.1) is 0 Å². The van der Waals surface area contributed by atoms with Crippen molar-refractivity contribution < 1.29 is 9.90 Å². The van der Waals surface area contributed by atoms with E-state index in [9.17, 15) is 9.90 Å². The summed E-state index contributed by atoms with van der Waals surface area (Å²) in [6.07, 6.45) is 8.46. The van der Waals surface area contributed by atoms with Gasteiger partial charge in [0, 0.05) is 49.0 Å². The minimum Gasteiger partial charge on any atom is -0.395 e. The first-order valence-electron chi connectivity index (χ1n) is 10.4. The summed E-state index contributed by atoms with van der Waals surface area (Å²) in [4.78, 5) is 18.9. The normalized spacial score (nSPS) is 25.4. The number of hydrogen-bond acceptors (Lipinski definition) is 4. The zero-order valence-electron chi connectivity index (χ0n) is 16.2. The number of pyridine rings is 1. The molecule has 0 bridgehead atoms. The summed E-state index contributed by atoms with van der Waals surface area (Å²) in [5, 5.41) is 13.2. The van der Waals surface area contributed by atoms with Gasteiger partial charge in [-0.25, -0.2) is 0 Å². The van der Waals surface area contributed by atoms with Crippen LogP contribution in [0.15, 0.2) is 54.9 Å². The molecule has 1 amide bonds. The summed E-state index contributed by atoms with van der Waals surface area (Å²) >= 11 is 0. The van der Waals surface area contributed by atoms with E-state index in [4.69, 9.17) is 0 Å². The second kappa shape index (κ2) is 8.84. The van der Waals surface area contributed by atoms with Crippen molar-refractivity contribution in [2.24, 2.45) is 5.92 Å². The maximum atomic E-state index is 12.5. The van der Waals surface area contributed by atoms with Gasteiger partial charge in [0.25, 0.3) is 5.91 Å². The Morgan fingerprint density at radius 2 is 1.79 bits per heavy atom. The van der Waals surface area contributed by atoms with E-state index in [0.717, 1.165) is 6.54 Å². The highest BCUT2D eigenvalue weighted by Crippen LogP contribution is 2.42. The van der Waals surface area contributed by atoms with E-state index < -0.39 is 0 Å². The smallest absolute Gasteiger partial charge is 0.251 e. The summed E-state index contributed by atoms with van der Waals surface area (Å²) in [7, 11) is 0. The molecule has 1 aromatic carbocycles. The zero-order chi connectivity index (χ0) is 19.3. The summed E-state index contributed by atoms with van der Waals surface area (Å²) in [5.41, 5.74) is 1.87. The lowest BCUT2D eigenvalue weighted by molar-refractivity contribution is -0.0506. The number of rotatable bonds is 7. The van der Waals surface area contributed by atoms with Crippen molar-refractivity contribution in [1.29, 1.82) is 0 Å². The Morgan fingerprint density at radius 1 is 1.07 bits per heavy atom. The van der Waals surface area contributed by atoms with E-state index in [1.54, 1.807) is 24.5 Å². The summed E-state index contributed by atoms with van der Waals surface area (Å²) in [5.74, 6) is 0.886. The third kappa shape index (κ3) is 3.96. The van der Waals surface area contributed by atoms with E-state index in [2.05, 4.69) is 39.5 Å². The number of benzene rings is 1. The van der Waals surface area contributed by atoms with Crippen LogP contribution in [0, 0.1) is 5.92 Å². The van der Waals surface area contributed by atoms with Crippen LogP contribution in [0.4, 0.5) is 0 Å². The topological polar surface area (TPSA) is 65.5 Å². The molecular weight excluding hydrogens is 350 g/mol. The molecular formula is C23H29N3O2. The average Bonchev–Trinajstić information content (AvgIpc) is 3.25. The van der Waals surface area contributed by atoms with Gasteiger partial charge in [-0.1, -0.05) is 43.2 Å². The van der Waals surface area contributed by atoms with Gasteiger partial charge >= 0.3 is 0 Å². The van der Waals surface area contributed by atoms with Crippen LogP contribution in [0.25, 0.3) is 0 Å². The number of aliphatic hydroxyl groups is 1. The predicted octanol–water partition coefficient (Wildman–Crippen LogP) is 2.83. The Morgan fingerprint density at radius 3 is 2.46 bits per heavy atom. The van der Waals surface area contributed by atoms with E-state index in [0.29, 0.717) is 18.0 Å². The van der Waals surface area contributed by atoms with Gasteiger partial charge in [0.1, 0.15) is 0 Å². The van der Waals surface area contributed by atoms with Crippen LogP contribution in [0.3, 0.4) is 0 Å². The molecule has 2 aromatic rings. The van der Waals surface area contributed by atoms with Gasteiger partial charge in [0.2, 0.25) is 0 Å². The number of carbonyl (C=O) groups excluding carboxylic acids is 1. The molecule has 5 heteroatoms. The second-order valence-electron chi connectivity index (χ2n) is 8.05.